The van der Waals surface area contributed by atoms with Gasteiger partial charge >= 0.3 is 12.3 Å². The summed E-state index contributed by atoms with van der Waals surface area (Å²) in [5.74, 6) is -0.155. The Balaban J connectivity index is 2.47. The standard InChI is InChI=1S/C15H24F3N3O3/c1-14(2,3)24-13(22)21-8-6-10(7-9-21)23-12(20)5-4-11(19)15(16,17)18/h4-5,10H,6-9,19-20H2,1-3H3/b11-4-,12-5+. The first kappa shape index (κ1) is 20.0. The maximum absolute atomic E-state index is 12.2. The number of halogens is 3. The molecule has 1 fully saturated rings. The minimum atomic E-state index is -4.60. The van der Waals surface area contributed by atoms with Crippen molar-refractivity contribution in [2.45, 2.75) is 51.5 Å². The number of carbonyl (C=O) groups is 1. The summed E-state index contributed by atoms with van der Waals surface area (Å²) >= 11 is 0. The number of hydrogen-bond donors (Lipinski definition) is 2. The fourth-order valence-electron chi connectivity index (χ4n) is 1.98. The molecular formula is C15H24F3N3O3. The third-order valence-electron chi connectivity index (χ3n) is 3.15. The second-order valence-electron chi connectivity index (χ2n) is 6.47. The molecule has 24 heavy (non-hydrogen) atoms. The zero-order valence-electron chi connectivity index (χ0n) is 14.0. The highest BCUT2D eigenvalue weighted by Crippen LogP contribution is 2.22. The number of rotatable bonds is 3. The van der Waals surface area contributed by atoms with Crippen LogP contribution >= 0.6 is 0 Å². The summed E-state index contributed by atoms with van der Waals surface area (Å²) in [5.41, 5.74) is 8.57. The van der Waals surface area contributed by atoms with Crippen LogP contribution in [0.2, 0.25) is 0 Å². The molecule has 0 saturated carbocycles. The number of nitrogens with zero attached hydrogens (tertiary/aromatic N) is 1. The molecule has 1 saturated heterocycles. The molecule has 0 spiro atoms. The molecule has 138 valence electrons. The number of ether oxygens (including phenoxy) is 2. The average molecular weight is 351 g/mol. The Hall–Kier alpha value is -2.06. The summed E-state index contributed by atoms with van der Waals surface area (Å²) in [6.45, 7) is 6.20. The maximum atomic E-state index is 12.2. The van der Waals surface area contributed by atoms with E-state index < -0.39 is 23.6 Å². The van der Waals surface area contributed by atoms with Crippen LogP contribution in [-0.2, 0) is 9.47 Å². The normalized spacial score (nSPS) is 18.5. The van der Waals surface area contributed by atoms with E-state index in [1.165, 1.54) is 0 Å². The Morgan fingerprint density at radius 3 is 2.12 bits per heavy atom. The van der Waals surface area contributed by atoms with E-state index in [0.29, 0.717) is 32.0 Å². The van der Waals surface area contributed by atoms with Crippen LogP contribution < -0.4 is 11.5 Å². The largest absolute Gasteiger partial charge is 0.476 e. The van der Waals surface area contributed by atoms with Crippen molar-refractivity contribution in [1.82, 2.24) is 4.90 Å². The van der Waals surface area contributed by atoms with Gasteiger partial charge in [0.05, 0.1) is 0 Å². The lowest BCUT2D eigenvalue weighted by molar-refractivity contribution is -0.0926. The number of hydrogen-bond acceptors (Lipinski definition) is 5. The van der Waals surface area contributed by atoms with Crippen LogP contribution in [0.5, 0.6) is 0 Å². The van der Waals surface area contributed by atoms with Crippen LogP contribution in [0.4, 0.5) is 18.0 Å². The van der Waals surface area contributed by atoms with Crippen molar-refractivity contribution in [3.8, 4) is 0 Å². The fourth-order valence-corrected chi connectivity index (χ4v) is 1.98. The monoisotopic (exact) mass is 351 g/mol. The summed E-state index contributed by atoms with van der Waals surface area (Å²) in [5, 5.41) is 0. The molecule has 0 bridgehead atoms. The molecular weight excluding hydrogens is 327 g/mol. The minimum Gasteiger partial charge on any atom is -0.476 e. The van der Waals surface area contributed by atoms with E-state index in [1.54, 1.807) is 25.7 Å². The van der Waals surface area contributed by atoms with Gasteiger partial charge < -0.3 is 25.8 Å². The van der Waals surface area contributed by atoms with Crippen LogP contribution in [0, 0.1) is 0 Å². The first-order valence-corrected chi connectivity index (χ1v) is 7.53. The highest BCUT2D eigenvalue weighted by atomic mass is 19.4. The fraction of sp³-hybridized carbons (Fsp3) is 0.667. The highest BCUT2D eigenvalue weighted by Gasteiger charge is 2.31. The second kappa shape index (κ2) is 7.67. The van der Waals surface area contributed by atoms with Crippen molar-refractivity contribution >= 4 is 6.09 Å². The van der Waals surface area contributed by atoms with Gasteiger partial charge in [0.15, 0.2) is 5.88 Å². The number of alkyl halides is 3. The Morgan fingerprint density at radius 2 is 1.67 bits per heavy atom. The summed E-state index contributed by atoms with van der Waals surface area (Å²) < 4.78 is 47.4. The van der Waals surface area contributed by atoms with Crippen molar-refractivity contribution < 1.29 is 27.4 Å². The molecule has 1 amide bonds. The van der Waals surface area contributed by atoms with E-state index in [1.807, 2.05) is 0 Å². The quantitative estimate of drug-likeness (QED) is 0.602. The van der Waals surface area contributed by atoms with E-state index in [2.05, 4.69) is 0 Å². The van der Waals surface area contributed by atoms with E-state index in [9.17, 15) is 18.0 Å². The molecule has 0 atom stereocenters. The smallest absolute Gasteiger partial charge is 0.430 e. The first-order valence-electron chi connectivity index (χ1n) is 7.53. The number of allylic oxidation sites excluding steroid dienone is 3. The third-order valence-corrected chi connectivity index (χ3v) is 3.15. The molecule has 1 rings (SSSR count). The van der Waals surface area contributed by atoms with Crippen LogP contribution in [0.3, 0.4) is 0 Å². The van der Waals surface area contributed by atoms with E-state index >= 15 is 0 Å². The minimum absolute atomic E-state index is 0.155. The Kier molecular flexibility index (Phi) is 6.39. The number of amides is 1. The third kappa shape index (κ3) is 7.01. The SMILES string of the molecule is CC(C)(C)OC(=O)N1CCC(O/C(N)=C/C=C(\N)C(F)(F)F)CC1. The predicted octanol–water partition coefficient (Wildman–Crippen LogP) is 2.61. The van der Waals surface area contributed by atoms with Gasteiger partial charge in [0, 0.05) is 25.9 Å². The topological polar surface area (TPSA) is 90.8 Å². The van der Waals surface area contributed by atoms with Crippen molar-refractivity contribution in [3.05, 3.63) is 23.7 Å². The molecule has 0 aromatic rings. The number of nitrogens with two attached hydrogens (primary N) is 2. The van der Waals surface area contributed by atoms with Crippen LogP contribution in [0.15, 0.2) is 23.7 Å². The van der Waals surface area contributed by atoms with Gasteiger partial charge in [0.25, 0.3) is 0 Å². The van der Waals surface area contributed by atoms with Crippen LogP contribution in [0.1, 0.15) is 33.6 Å². The van der Waals surface area contributed by atoms with Crippen LogP contribution in [-0.4, -0.2) is 42.0 Å². The van der Waals surface area contributed by atoms with Gasteiger partial charge in [0.2, 0.25) is 0 Å². The summed E-state index contributed by atoms with van der Waals surface area (Å²) in [6.07, 6.45) is -2.63. The molecule has 0 aromatic heterocycles. The molecule has 1 aliphatic heterocycles. The number of likely N-dealkylation sites (tertiary alicyclic amines) is 1. The Bertz CT molecular complexity index is 502. The molecule has 0 aliphatic carbocycles. The van der Waals surface area contributed by atoms with Crippen LogP contribution in [0.25, 0.3) is 0 Å². The van der Waals surface area contributed by atoms with E-state index in [-0.39, 0.29) is 12.0 Å². The van der Waals surface area contributed by atoms with Crippen molar-refractivity contribution in [1.29, 1.82) is 0 Å². The molecule has 0 aromatic carbocycles. The zero-order valence-corrected chi connectivity index (χ0v) is 14.0. The van der Waals surface area contributed by atoms with Gasteiger partial charge in [-0.15, -0.1) is 0 Å². The Morgan fingerprint density at radius 1 is 1.12 bits per heavy atom. The van der Waals surface area contributed by atoms with Crippen molar-refractivity contribution in [3.63, 3.8) is 0 Å². The predicted molar refractivity (Wildman–Crippen MR) is 82.5 cm³/mol. The highest BCUT2D eigenvalue weighted by molar-refractivity contribution is 5.68. The lowest BCUT2D eigenvalue weighted by Gasteiger charge is -2.33. The van der Waals surface area contributed by atoms with E-state index in [4.69, 9.17) is 20.9 Å². The first-order chi connectivity index (χ1) is 10.9. The Labute approximate surface area is 139 Å². The van der Waals surface area contributed by atoms with Gasteiger partial charge in [-0.1, -0.05) is 0 Å². The molecule has 4 N–H and O–H groups in total. The van der Waals surface area contributed by atoms with Gasteiger partial charge in [0.1, 0.15) is 17.4 Å². The molecule has 0 unspecified atom stereocenters. The molecule has 9 heteroatoms. The molecule has 1 heterocycles. The van der Waals surface area contributed by atoms with Crippen molar-refractivity contribution in [2.75, 3.05) is 13.1 Å². The summed E-state index contributed by atoms with van der Waals surface area (Å²) in [7, 11) is 0. The lowest BCUT2D eigenvalue weighted by Crippen LogP contribution is -2.43. The zero-order chi connectivity index (χ0) is 18.5. The van der Waals surface area contributed by atoms with E-state index in [0.717, 1.165) is 6.08 Å². The molecule has 1 aliphatic rings. The van der Waals surface area contributed by atoms with Crippen molar-refractivity contribution in [2.24, 2.45) is 11.5 Å². The molecule has 0 radical (unpaired) electrons. The van der Waals surface area contributed by atoms with Gasteiger partial charge in [-0.05, 0) is 32.9 Å². The second-order valence-corrected chi connectivity index (χ2v) is 6.47. The van der Waals surface area contributed by atoms with Gasteiger partial charge in [-0.3, -0.25) is 0 Å². The number of carbonyl (C=O) groups excluding carboxylic acids is 1. The summed E-state index contributed by atoms with van der Waals surface area (Å²) in [4.78, 5) is 13.5. The summed E-state index contributed by atoms with van der Waals surface area (Å²) in [6, 6.07) is 0. The lowest BCUT2D eigenvalue weighted by atomic mass is 10.1. The van der Waals surface area contributed by atoms with Gasteiger partial charge in [-0.2, -0.15) is 13.2 Å². The number of piperidine rings is 1. The maximum Gasteiger partial charge on any atom is 0.430 e. The van der Waals surface area contributed by atoms with Gasteiger partial charge in [-0.25, -0.2) is 4.79 Å². The average Bonchev–Trinajstić information content (AvgIpc) is 2.42. The molecule has 6 nitrogen and oxygen atoms in total.